The Hall–Kier alpha value is -3.22. The van der Waals surface area contributed by atoms with Crippen molar-refractivity contribution in [3.8, 4) is 11.3 Å². The standard InChI is InChI=1S/C24H28N6O/c1-17-5-6-20(14-18(17)2)21-15-22(19-7-8-19)30(27-21)16-24(31)29-12-10-28(11-13-29)23-4-3-9-25-26-23/h3-6,9,14-15,19H,7-8,10-13,16H2,1-2H3. The maximum Gasteiger partial charge on any atom is 0.244 e. The topological polar surface area (TPSA) is 67.2 Å². The van der Waals surface area contributed by atoms with E-state index in [-0.39, 0.29) is 5.91 Å². The Bertz CT molecular complexity index is 1080. The van der Waals surface area contributed by atoms with Gasteiger partial charge in [-0.15, -0.1) is 5.10 Å². The quantitative estimate of drug-likeness (QED) is 0.639. The first kappa shape index (κ1) is 19.7. The fourth-order valence-electron chi connectivity index (χ4n) is 4.18. The van der Waals surface area contributed by atoms with E-state index in [0.29, 0.717) is 25.6 Å². The number of carbonyl (C=O) groups is 1. The second-order valence-corrected chi connectivity index (χ2v) is 8.64. The predicted octanol–water partition coefficient (Wildman–Crippen LogP) is 3.18. The Kier molecular flexibility index (Phi) is 5.18. The van der Waals surface area contributed by atoms with Crippen molar-refractivity contribution in [3.63, 3.8) is 0 Å². The number of hydrogen-bond acceptors (Lipinski definition) is 5. The zero-order chi connectivity index (χ0) is 21.4. The lowest BCUT2D eigenvalue weighted by Gasteiger charge is -2.35. The van der Waals surface area contributed by atoms with Gasteiger partial charge in [0.15, 0.2) is 5.82 Å². The highest BCUT2D eigenvalue weighted by Crippen LogP contribution is 2.41. The Balaban J connectivity index is 1.29. The Morgan fingerprint density at radius 1 is 1.03 bits per heavy atom. The van der Waals surface area contributed by atoms with Crippen molar-refractivity contribution < 1.29 is 4.79 Å². The zero-order valence-corrected chi connectivity index (χ0v) is 18.2. The lowest BCUT2D eigenvalue weighted by molar-refractivity contribution is -0.132. The normalized spacial score (nSPS) is 16.6. The number of rotatable bonds is 5. The van der Waals surface area contributed by atoms with Gasteiger partial charge in [-0.3, -0.25) is 9.48 Å². The summed E-state index contributed by atoms with van der Waals surface area (Å²) in [6.45, 7) is 7.48. The van der Waals surface area contributed by atoms with E-state index in [1.54, 1.807) is 6.20 Å². The number of carbonyl (C=O) groups excluding carboxylic acids is 1. The van der Waals surface area contributed by atoms with Crippen LogP contribution in [0.15, 0.2) is 42.6 Å². The molecule has 0 unspecified atom stereocenters. The van der Waals surface area contributed by atoms with Crippen LogP contribution in [0.2, 0.25) is 0 Å². The van der Waals surface area contributed by atoms with E-state index < -0.39 is 0 Å². The molecule has 160 valence electrons. The van der Waals surface area contributed by atoms with Crippen LogP contribution in [0.1, 0.15) is 35.6 Å². The van der Waals surface area contributed by atoms with Crippen LogP contribution in [0.5, 0.6) is 0 Å². The summed E-state index contributed by atoms with van der Waals surface area (Å²) in [6, 6.07) is 12.5. The first-order valence-corrected chi connectivity index (χ1v) is 11.0. The van der Waals surface area contributed by atoms with Crippen LogP contribution in [0.3, 0.4) is 0 Å². The molecule has 1 aliphatic carbocycles. The number of benzene rings is 1. The molecule has 31 heavy (non-hydrogen) atoms. The molecule has 1 saturated carbocycles. The molecule has 0 spiro atoms. The largest absolute Gasteiger partial charge is 0.352 e. The molecule has 1 aromatic carbocycles. The molecule has 7 nitrogen and oxygen atoms in total. The molecule has 1 aliphatic heterocycles. The number of aromatic nitrogens is 4. The minimum Gasteiger partial charge on any atom is -0.352 e. The van der Waals surface area contributed by atoms with E-state index >= 15 is 0 Å². The number of nitrogens with zero attached hydrogens (tertiary/aromatic N) is 6. The van der Waals surface area contributed by atoms with Gasteiger partial charge in [-0.2, -0.15) is 10.2 Å². The van der Waals surface area contributed by atoms with Crippen LogP contribution < -0.4 is 4.90 Å². The van der Waals surface area contributed by atoms with Gasteiger partial charge in [0.05, 0.1) is 5.69 Å². The minimum absolute atomic E-state index is 0.135. The van der Waals surface area contributed by atoms with E-state index in [2.05, 4.69) is 53.2 Å². The summed E-state index contributed by atoms with van der Waals surface area (Å²) in [6.07, 6.45) is 4.04. The van der Waals surface area contributed by atoms with E-state index in [1.807, 2.05) is 21.7 Å². The molecule has 3 heterocycles. The van der Waals surface area contributed by atoms with Crippen LogP contribution in [-0.4, -0.2) is 57.0 Å². The molecule has 0 atom stereocenters. The van der Waals surface area contributed by atoms with Crippen LogP contribution in [0.4, 0.5) is 5.82 Å². The molecule has 1 amide bonds. The maximum atomic E-state index is 13.1. The van der Waals surface area contributed by atoms with Crippen molar-refractivity contribution in [2.24, 2.45) is 0 Å². The average molecular weight is 417 g/mol. The van der Waals surface area contributed by atoms with Gasteiger partial charge in [0, 0.05) is 49.6 Å². The number of aryl methyl sites for hydroxylation is 2. The molecule has 0 radical (unpaired) electrons. The smallest absolute Gasteiger partial charge is 0.244 e. The van der Waals surface area contributed by atoms with E-state index in [9.17, 15) is 4.79 Å². The van der Waals surface area contributed by atoms with Crippen LogP contribution in [0, 0.1) is 13.8 Å². The van der Waals surface area contributed by atoms with E-state index in [0.717, 1.165) is 30.2 Å². The van der Waals surface area contributed by atoms with Gasteiger partial charge in [-0.25, -0.2) is 0 Å². The van der Waals surface area contributed by atoms with Gasteiger partial charge < -0.3 is 9.80 Å². The van der Waals surface area contributed by atoms with E-state index in [4.69, 9.17) is 5.10 Å². The molecule has 0 N–H and O–H groups in total. The molecule has 2 aromatic heterocycles. The summed E-state index contributed by atoms with van der Waals surface area (Å²) in [4.78, 5) is 17.2. The van der Waals surface area contributed by atoms with Crippen LogP contribution in [0.25, 0.3) is 11.3 Å². The lowest BCUT2D eigenvalue weighted by atomic mass is 10.0. The van der Waals surface area contributed by atoms with Gasteiger partial charge in [-0.1, -0.05) is 12.1 Å². The van der Waals surface area contributed by atoms with E-state index in [1.165, 1.54) is 29.7 Å². The molecular weight excluding hydrogens is 388 g/mol. The Labute approximate surface area is 182 Å². The third kappa shape index (κ3) is 4.17. The highest BCUT2D eigenvalue weighted by Gasteiger charge is 2.30. The second-order valence-electron chi connectivity index (χ2n) is 8.64. The fourth-order valence-corrected chi connectivity index (χ4v) is 4.18. The van der Waals surface area contributed by atoms with Crippen molar-refractivity contribution in [3.05, 3.63) is 59.4 Å². The zero-order valence-electron chi connectivity index (χ0n) is 18.2. The fraction of sp³-hybridized carbons (Fsp3) is 0.417. The molecule has 7 heteroatoms. The summed E-state index contributed by atoms with van der Waals surface area (Å²) in [7, 11) is 0. The summed E-state index contributed by atoms with van der Waals surface area (Å²) < 4.78 is 1.94. The molecule has 2 aliphatic rings. The van der Waals surface area contributed by atoms with Crippen molar-refractivity contribution in [1.82, 2.24) is 24.9 Å². The number of piperazine rings is 1. The molecule has 5 rings (SSSR count). The lowest BCUT2D eigenvalue weighted by Crippen LogP contribution is -2.50. The van der Waals surface area contributed by atoms with Gasteiger partial charge >= 0.3 is 0 Å². The van der Waals surface area contributed by atoms with Crippen LogP contribution >= 0.6 is 0 Å². The number of hydrogen-bond donors (Lipinski definition) is 0. The molecule has 3 aromatic rings. The molecular formula is C24H28N6O. The Morgan fingerprint density at radius 3 is 2.52 bits per heavy atom. The summed E-state index contributed by atoms with van der Waals surface area (Å²) in [5.41, 5.74) is 5.82. The number of anilines is 1. The maximum absolute atomic E-state index is 13.1. The monoisotopic (exact) mass is 416 g/mol. The van der Waals surface area contributed by atoms with Gasteiger partial charge in [-0.05, 0) is 62.1 Å². The molecule has 0 bridgehead atoms. The third-order valence-corrected chi connectivity index (χ3v) is 6.41. The van der Waals surface area contributed by atoms with Crippen molar-refractivity contribution in [2.45, 2.75) is 39.2 Å². The van der Waals surface area contributed by atoms with Gasteiger partial charge in [0.25, 0.3) is 0 Å². The van der Waals surface area contributed by atoms with Crippen molar-refractivity contribution in [1.29, 1.82) is 0 Å². The summed E-state index contributed by atoms with van der Waals surface area (Å²) in [5, 5.41) is 13.0. The Morgan fingerprint density at radius 2 is 1.84 bits per heavy atom. The number of amides is 1. The predicted molar refractivity (Wildman–Crippen MR) is 120 cm³/mol. The van der Waals surface area contributed by atoms with Crippen molar-refractivity contribution in [2.75, 3.05) is 31.1 Å². The second kappa shape index (κ2) is 8.13. The van der Waals surface area contributed by atoms with Gasteiger partial charge in [0.2, 0.25) is 5.91 Å². The van der Waals surface area contributed by atoms with Gasteiger partial charge in [0.1, 0.15) is 6.54 Å². The minimum atomic E-state index is 0.135. The summed E-state index contributed by atoms with van der Waals surface area (Å²) >= 11 is 0. The highest BCUT2D eigenvalue weighted by atomic mass is 16.2. The first-order chi connectivity index (χ1) is 15.1. The average Bonchev–Trinajstić information content (AvgIpc) is 3.56. The highest BCUT2D eigenvalue weighted by molar-refractivity contribution is 5.76. The third-order valence-electron chi connectivity index (χ3n) is 6.41. The summed E-state index contributed by atoms with van der Waals surface area (Å²) in [5.74, 6) is 1.54. The first-order valence-electron chi connectivity index (χ1n) is 11.0. The van der Waals surface area contributed by atoms with Crippen LogP contribution in [-0.2, 0) is 11.3 Å². The van der Waals surface area contributed by atoms with Crippen molar-refractivity contribution >= 4 is 11.7 Å². The molecule has 1 saturated heterocycles. The SMILES string of the molecule is Cc1ccc(-c2cc(C3CC3)n(CC(=O)N3CCN(c4cccnn4)CC3)n2)cc1C. The molecule has 2 fully saturated rings.